The van der Waals surface area contributed by atoms with Gasteiger partial charge in [-0.25, -0.2) is 4.84 Å². The molecule has 0 N–H and O–H groups in total. The summed E-state index contributed by atoms with van der Waals surface area (Å²) >= 11 is 0. The molecule has 23 heavy (non-hydrogen) atoms. The lowest BCUT2D eigenvalue weighted by molar-refractivity contribution is -0.0782. The molecule has 5 heteroatoms. The normalized spacial score (nSPS) is 18.3. The predicted octanol–water partition coefficient (Wildman–Crippen LogP) is 2.09. The molecule has 3 rings (SSSR count). The summed E-state index contributed by atoms with van der Waals surface area (Å²) in [6.07, 6.45) is 5.06. The number of benzene rings is 1. The lowest BCUT2D eigenvalue weighted by Crippen LogP contribution is -2.30. The predicted molar refractivity (Wildman–Crippen MR) is 85.6 cm³/mol. The van der Waals surface area contributed by atoms with Crippen LogP contribution in [0.1, 0.15) is 46.4 Å². The Kier molecular flexibility index (Phi) is 5.06. The van der Waals surface area contributed by atoms with Crippen molar-refractivity contribution in [1.82, 2.24) is 9.96 Å². The van der Waals surface area contributed by atoms with Gasteiger partial charge in [-0.05, 0) is 38.1 Å². The fourth-order valence-electron chi connectivity index (χ4n) is 2.89. The minimum atomic E-state index is -0.417. The Morgan fingerprint density at radius 3 is 2.13 bits per heavy atom. The molecule has 2 heterocycles. The van der Waals surface area contributed by atoms with Crippen LogP contribution in [-0.2, 0) is 4.84 Å². The van der Waals surface area contributed by atoms with E-state index in [0.717, 1.165) is 18.2 Å². The van der Waals surface area contributed by atoms with Crippen LogP contribution < -0.4 is 0 Å². The van der Waals surface area contributed by atoms with Crippen LogP contribution in [0, 0.1) is 11.8 Å². The number of fused-ring (bicyclic) bond motifs is 1. The van der Waals surface area contributed by atoms with Crippen LogP contribution in [0.15, 0.2) is 24.3 Å². The van der Waals surface area contributed by atoms with Crippen molar-refractivity contribution in [3.8, 4) is 11.8 Å². The molecule has 5 nitrogen and oxygen atoms in total. The van der Waals surface area contributed by atoms with Crippen LogP contribution in [0.5, 0.6) is 0 Å². The third-order valence-electron chi connectivity index (χ3n) is 4.15. The molecule has 1 fully saturated rings. The summed E-state index contributed by atoms with van der Waals surface area (Å²) in [5.74, 6) is 5.11. The van der Waals surface area contributed by atoms with Crippen LogP contribution in [0.3, 0.4) is 0 Å². The topological polar surface area (TPSA) is 49.9 Å². The van der Waals surface area contributed by atoms with Crippen molar-refractivity contribution in [3.63, 3.8) is 0 Å². The zero-order valence-electron chi connectivity index (χ0n) is 13.1. The molecular formula is C18H20N2O3. The molecule has 0 bridgehead atoms. The zero-order chi connectivity index (χ0) is 16.1. The van der Waals surface area contributed by atoms with E-state index < -0.39 is 11.8 Å². The summed E-state index contributed by atoms with van der Waals surface area (Å²) in [6, 6.07) is 6.72. The minimum absolute atomic E-state index is 0.0410. The first-order valence-electron chi connectivity index (χ1n) is 8.06. The SMILES string of the molecule is O=C1c2ccccc2C(=O)N1OCC#CCN1CCCCCC1. The van der Waals surface area contributed by atoms with Gasteiger partial charge in [-0.1, -0.05) is 36.8 Å². The quantitative estimate of drug-likeness (QED) is 0.633. The summed E-state index contributed by atoms with van der Waals surface area (Å²) in [5, 5.41) is 0.811. The summed E-state index contributed by atoms with van der Waals surface area (Å²) < 4.78 is 0. The molecule has 0 aliphatic carbocycles. The highest BCUT2D eigenvalue weighted by Gasteiger charge is 2.36. The molecule has 1 aromatic carbocycles. The molecule has 0 atom stereocenters. The first kappa shape index (κ1) is 15.7. The molecule has 0 radical (unpaired) electrons. The van der Waals surface area contributed by atoms with Crippen molar-refractivity contribution in [2.45, 2.75) is 25.7 Å². The van der Waals surface area contributed by atoms with Crippen LogP contribution >= 0.6 is 0 Å². The number of carbonyl (C=O) groups is 2. The van der Waals surface area contributed by atoms with Crippen molar-refractivity contribution in [2.75, 3.05) is 26.2 Å². The monoisotopic (exact) mass is 312 g/mol. The van der Waals surface area contributed by atoms with E-state index in [0.29, 0.717) is 17.7 Å². The van der Waals surface area contributed by atoms with E-state index in [1.54, 1.807) is 24.3 Å². The van der Waals surface area contributed by atoms with Crippen molar-refractivity contribution < 1.29 is 14.4 Å². The van der Waals surface area contributed by atoms with Gasteiger partial charge in [-0.2, -0.15) is 0 Å². The molecule has 1 saturated heterocycles. The fourth-order valence-corrected chi connectivity index (χ4v) is 2.89. The third kappa shape index (κ3) is 3.61. The zero-order valence-corrected chi connectivity index (χ0v) is 13.1. The number of hydroxylamine groups is 2. The van der Waals surface area contributed by atoms with Gasteiger partial charge in [0.25, 0.3) is 11.8 Å². The summed E-state index contributed by atoms with van der Waals surface area (Å²) in [5.41, 5.74) is 0.769. The number of hydrogen-bond donors (Lipinski definition) is 0. The van der Waals surface area contributed by atoms with Gasteiger partial charge in [0.15, 0.2) is 0 Å². The van der Waals surface area contributed by atoms with Gasteiger partial charge < -0.3 is 0 Å². The van der Waals surface area contributed by atoms with Crippen LogP contribution in [0.4, 0.5) is 0 Å². The number of nitrogens with zero attached hydrogens (tertiary/aromatic N) is 2. The second-order valence-electron chi connectivity index (χ2n) is 5.77. The Balaban J connectivity index is 1.49. The Labute approximate surface area is 136 Å². The van der Waals surface area contributed by atoms with Gasteiger partial charge in [-0.15, -0.1) is 5.06 Å². The van der Waals surface area contributed by atoms with Crippen LogP contribution in [-0.4, -0.2) is 48.0 Å². The van der Waals surface area contributed by atoms with E-state index in [-0.39, 0.29) is 6.61 Å². The number of hydrogen-bond acceptors (Lipinski definition) is 4. The number of imide groups is 1. The average molecular weight is 312 g/mol. The van der Waals surface area contributed by atoms with Crippen molar-refractivity contribution in [2.24, 2.45) is 0 Å². The summed E-state index contributed by atoms with van der Waals surface area (Å²) in [4.78, 5) is 31.8. The van der Waals surface area contributed by atoms with Gasteiger partial charge >= 0.3 is 0 Å². The number of amides is 2. The lowest BCUT2D eigenvalue weighted by atomic mass is 10.1. The summed E-state index contributed by atoms with van der Waals surface area (Å²) in [6.45, 7) is 2.94. The second-order valence-corrected chi connectivity index (χ2v) is 5.77. The first-order valence-corrected chi connectivity index (χ1v) is 8.06. The van der Waals surface area contributed by atoms with Gasteiger partial charge in [0.2, 0.25) is 0 Å². The lowest BCUT2D eigenvalue weighted by Gasteiger charge is -2.15. The maximum absolute atomic E-state index is 12.1. The second kappa shape index (κ2) is 7.40. The molecular weight excluding hydrogens is 292 g/mol. The molecule has 0 unspecified atom stereocenters. The maximum atomic E-state index is 12.1. The summed E-state index contributed by atoms with van der Waals surface area (Å²) in [7, 11) is 0. The van der Waals surface area contributed by atoms with E-state index >= 15 is 0 Å². The van der Waals surface area contributed by atoms with E-state index in [1.165, 1.54) is 25.7 Å². The van der Waals surface area contributed by atoms with E-state index in [9.17, 15) is 9.59 Å². The molecule has 0 aromatic heterocycles. The molecule has 120 valence electrons. The number of rotatable bonds is 3. The van der Waals surface area contributed by atoms with Crippen molar-refractivity contribution >= 4 is 11.8 Å². The minimum Gasteiger partial charge on any atom is -0.292 e. The smallest absolute Gasteiger partial charge is 0.285 e. The van der Waals surface area contributed by atoms with Gasteiger partial charge in [0, 0.05) is 0 Å². The average Bonchev–Trinajstić information content (AvgIpc) is 2.77. The molecule has 2 amide bonds. The highest BCUT2D eigenvalue weighted by molar-refractivity contribution is 6.20. The molecule has 1 aromatic rings. The third-order valence-corrected chi connectivity index (χ3v) is 4.15. The van der Waals surface area contributed by atoms with Gasteiger partial charge in [0.1, 0.15) is 6.61 Å². The van der Waals surface area contributed by atoms with Gasteiger partial charge in [0.05, 0.1) is 17.7 Å². The number of likely N-dealkylation sites (tertiary alicyclic amines) is 1. The Bertz CT molecular complexity index is 617. The fraction of sp³-hybridized carbons (Fsp3) is 0.444. The number of carbonyl (C=O) groups excluding carboxylic acids is 2. The molecule has 2 aliphatic heterocycles. The van der Waals surface area contributed by atoms with E-state index in [1.807, 2.05) is 0 Å². The Hall–Kier alpha value is -2.16. The maximum Gasteiger partial charge on any atom is 0.285 e. The van der Waals surface area contributed by atoms with E-state index in [4.69, 9.17) is 4.84 Å². The highest BCUT2D eigenvalue weighted by atomic mass is 16.7. The van der Waals surface area contributed by atoms with E-state index in [2.05, 4.69) is 16.7 Å². The van der Waals surface area contributed by atoms with Gasteiger partial charge in [-0.3, -0.25) is 14.5 Å². The highest BCUT2D eigenvalue weighted by Crippen LogP contribution is 2.22. The van der Waals surface area contributed by atoms with Crippen LogP contribution in [0.25, 0.3) is 0 Å². The molecule has 0 saturated carbocycles. The van der Waals surface area contributed by atoms with Crippen LogP contribution in [0.2, 0.25) is 0 Å². The first-order chi connectivity index (χ1) is 11.3. The van der Waals surface area contributed by atoms with Crippen molar-refractivity contribution in [3.05, 3.63) is 35.4 Å². The standard InChI is InChI=1S/C18H20N2O3/c21-17-15-9-3-4-10-16(15)18(22)20(17)23-14-8-7-13-19-11-5-1-2-6-12-19/h3-4,9-10H,1-2,5-6,11-14H2. The Morgan fingerprint density at radius 1 is 0.913 bits per heavy atom. The largest absolute Gasteiger partial charge is 0.292 e. The van der Waals surface area contributed by atoms with Crippen molar-refractivity contribution in [1.29, 1.82) is 0 Å². The molecule has 0 spiro atoms. The Morgan fingerprint density at radius 2 is 1.52 bits per heavy atom. The molecule has 2 aliphatic rings.